The Morgan fingerprint density at radius 3 is 2.75 bits per heavy atom. The summed E-state index contributed by atoms with van der Waals surface area (Å²) >= 11 is 0. The number of hydrogen-bond donors (Lipinski definition) is 1. The van der Waals surface area contributed by atoms with Crippen LogP contribution in [0.3, 0.4) is 0 Å². The van der Waals surface area contributed by atoms with Crippen molar-refractivity contribution in [1.82, 2.24) is 4.90 Å². The van der Waals surface area contributed by atoms with Crippen molar-refractivity contribution in [2.45, 2.75) is 44.1 Å². The predicted octanol–water partition coefficient (Wildman–Crippen LogP) is 2.63. The largest absolute Gasteiger partial charge is 0.497 e. The van der Waals surface area contributed by atoms with Gasteiger partial charge in [-0.1, -0.05) is 6.07 Å². The summed E-state index contributed by atoms with van der Waals surface area (Å²) in [6.45, 7) is 3.64. The molecule has 1 aliphatic carbocycles. The molecular weight excluding hydrogens is 356 g/mol. The lowest BCUT2D eigenvalue weighted by Crippen LogP contribution is -2.62. The summed E-state index contributed by atoms with van der Waals surface area (Å²) in [5.41, 5.74) is 2.81. The molecule has 5 rings (SSSR count). The van der Waals surface area contributed by atoms with Crippen LogP contribution in [0.4, 0.5) is 5.69 Å². The lowest BCUT2D eigenvalue weighted by atomic mass is 9.53. The molecule has 2 fully saturated rings. The normalized spacial score (nSPS) is 32.9. The molecule has 1 spiro atoms. The van der Waals surface area contributed by atoms with Crippen molar-refractivity contribution in [2.24, 2.45) is 5.41 Å². The zero-order chi connectivity index (χ0) is 19.7. The highest BCUT2D eigenvalue weighted by atomic mass is 16.5. The highest BCUT2D eigenvalue weighted by Gasteiger charge is 2.68. The average Bonchev–Trinajstić information content (AvgIpc) is 3.26. The lowest BCUT2D eigenvalue weighted by Gasteiger charge is -2.54. The highest BCUT2D eigenvalue weighted by molar-refractivity contribution is 5.96. The summed E-state index contributed by atoms with van der Waals surface area (Å²) < 4.78 is 10.6. The number of ether oxygens (including phenoxy) is 2. The van der Waals surface area contributed by atoms with E-state index >= 15 is 0 Å². The molecule has 148 valence electrons. The molecule has 1 N–H and O–H groups in total. The maximum atomic E-state index is 13.1. The topological polar surface area (TPSA) is 67.9 Å². The molecule has 2 saturated heterocycles. The number of anilines is 1. The van der Waals surface area contributed by atoms with E-state index in [9.17, 15) is 9.59 Å². The number of carbonyl (C=O) groups excluding carboxylic acids is 2. The standard InChI is InChI=1S/C22H26N2O4/c1-13(25)21-7-4-9-24-10-8-22(20(21)24)16-6-5-14(27-2)11-17(16)23-18(22)15(12-21)19(26)28-3/h5-6,11,20,23H,4,7-10,12H2,1-3H3/t20-,21-,22-/m0/s1. The SMILES string of the molecule is COC(=O)C1=C2Nc3cc(OC)ccc3[C@@]23CCN2CCC[C@@](C(C)=O)(C1)[C@H]23. The van der Waals surface area contributed by atoms with E-state index in [-0.39, 0.29) is 23.2 Å². The number of Topliss-reactive ketones (excluding diaryl/α,β-unsaturated/α-hetero) is 1. The maximum absolute atomic E-state index is 13.1. The van der Waals surface area contributed by atoms with Crippen molar-refractivity contribution in [3.63, 3.8) is 0 Å². The van der Waals surface area contributed by atoms with Crippen LogP contribution in [0, 0.1) is 5.41 Å². The molecule has 6 nitrogen and oxygen atoms in total. The van der Waals surface area contributed by atoms with Gasteiger partial charge in [0.2, 0.25) is 0 Å². The number of methoxy groups -OCH3 is 2. The third-order valence-corrected chi connectivity index (χ3v) is 7.56. The predicted molar refractivity (Wildman–Crippen MR) is 104 cm³/mol. The summed E-state index contributed by atoms with van der Waals surface area (Å²) in [7, 11) is 3.07. The summed E-state index contributed by atoms with van der Waals surface area (Å²) in [5, 5.41) is 3.54. The smallest absolute Gasteiger partial charge is 0.335 e. The maximum Gasteiger partial charge on any atom is 0.335 e. The Morgan fingerprint density at radius 1 is 1.21 bits per heavy atom. The fourth-order valence-corrected chi connectivity index (χ4v) is 6.49. The molecule has 1 aromatic carbocycles. The molecule has 4 aliphatic rings. The van der Waals surface area contributed by atoms with Crippen LogP contribution in [0.1, 0.15) is 38.2 Å². The number of nitrogens with zero attached hydrogens (tertiary/aromatic N) is 1. The molecule has 3 aliphatic heterocycles. The number of hydrogen-bond acceptors (Lipinski definition) is 6. The Bertz CT molecular complexity index is 923. The second-order valence-corrected chi connectivity index (χ2v) is 8.53. The summed E-state index contributed by atoms with van der Waals surface area (Å²) in [4.78, 5) is 28.4. The monoisotopic (exact) mass is 382 g/mol. The van der Waals surface area contributed by atoms with E-state index < -0.39 is 5.41 Å². The van der Waals surface area contributed by atoms with E-state index in [4.69, 9.17) is 9.47 Å². The highest BCUT2D eigenvalue weighted by Crippen LogP contribution is 2.64. The molecule has 0 aromatic heterocycles. The van der Waals surface area contributed by atoms with Gasteiger partial charge in [-0.05, 0) is 57.3 Å². The first kappa shape index (κ1) is 17.7. The van der Waals surface area contributed by atoms with E-state index in [0.29, 0.717) is 12.0 Å². The fraction of sp³-hybridized carbons (Fsp3) is 0.545. The van der Waals surface area contributed by atoms with Crippen molar-refractivity contribution in [3.8, 4) is 5.75 Å². The molecule has 0 unspecified atom stereocenters. The number of rotatable bonds is 3. The number of esters is 1. The molecule has 0 bridgehead atoms. The van der Waals surface area contributed by atoms with Gasteiger partial charge in [-0.15, -0.1) is 0 Å². The van der Waals surface area contributed by atoms with Crippen LogP contribution in [0.25, 0.3) is 0 Å². The minimum Gasteiger partial charge on any atom is -0.497 e. The Balaban J connectivity index is 1.81. The Hall–Kier alpha value is -2.34. The molecule has 3 heterocycles. The van der Waals surface area contributed by atoms with E-state index in [1.807, 2.05) is 12.1 Å². The van der Waals surface area contributed by atoms with Crippen molar-refractivity contribution < 1.29 is 19.1 Å². The second kappa shape index (κ2) is 5.83. The summed E-state index contributed by atoms with van der Waals surface area (Å²) in [5.74, 6) is 0.633. The first-order valence-electron chi connectivity index (χ1n) is 10.0. The number of carbonyl (C=O) groups is 2. The molecule has 3 atom stereocenters. The number of nitrogens with one attached hydrogen (secondary N) is 1. The number of benzene rings is 1. The van der Waals surface area contributed by atoms with Crippen LogP contribution < -0.4 is 10.1 Å². The van der Waals surface area contributed by atoms with Crippen LogP contribution in [0.15, 0.2) is 29.5 Å². The minimum absolute atomic E-state index is 0.0804. The van der Waals surface area contributed by atoms with Crippen molar-refractivity contribution in [3.05, 3.63) is 35.0 Å². The third kappa shape index (κ3) is 1.96. The van der Waals surface area contributed by atoms with E-state index in [1.54, 1.807) is 14.0 Å². The Morgan fingerprint density at radius 2 is 2.04 bits per heavy atom. The Kier molecular flexibility index (Phi) is 3.69. The van der Waals surface area contributed by atoms with Crippen LogP contribution >= 0.6 is 0 Å². The van der Waals surface area contributed by atoms with Gasteiger partial charge in [-0.25, -0.2) is 4.79 Å². The second-order valence-electron chi connectivity index (χ2n) is 8.53. The Labute approximate surface area is 164 Å². The molecule has 1 aromatic rings. The van der Waals surface area contributed by atoms with Crippen molar-refractivity contribution in [2.75, 3.05) is 32.6 Å². The first-order chi connectivity index (χ1) is 13.5. The van der Waals surface area contributed by atoms with Gasteiger partial charge in [-0.2, -0.15) is 0 Å². The van der Waals surface area contributed by atoms with Gasteiger partial charge in [0, 0.05) is 28.9 Å². The van der Waals surface area contributed by atoms with Crippen molar-refractivity contribution >= 4 is 17.4 Å². The number of piperidine rings is 1. The van der Waals surface area contributed by atoms with E-state index in [0.717, 1.165) is 49.5 Å². The molecule has 0 saturated carbocycles. The lowest BCUT2D eigenvalue weighted by molar-refractivity contribution is -0.140. The molecular formula is C22H26N2O4. The number of fused-ring (bicyclic) bond motifs is 1. The van der Waals surface area contributed by atoms with Gasteiger partial charge in [0.15, 0.2) is 0 Å². The zero-order valence-electron chi connectivity index (χ0n) is 16.6. The van der Waals surface area contributed by atoms with Crippen LogP contribution in [-0.2, 0) is 19.7 Å². The van der Waals surface area contributed by atoms with Crippen LogP contribution in [0.5, 0.6) is 5.75 Å². The van der Waals surface area contributed by atoms with Gasteiger partial charge < -0.3 is 14.8 Å². The molecule has 0 amide bonds. The number of ketones is 1. The zero-order valence-corrected chi connectivity index (χ0v) is 16.6. The van der Waals surface area contributed by atoms with Gasteiger partial charge in [0.05, 0.1) is 25.2 Å². The summed E-state index contributed by atoms with van der Waals surface area (Å²) in [6, 6.07) is 6.16. The minimum atomic E-state index is -0.537. The van der Waals surface area contributed by atoms with Crippen LogP contribution in [0.2, 0.25) is 0 Å². The average molecular weight is 382 g/mol. The molecule has 0 radical (unpaired) electrons. The first-order valence-corrected chi connectivity index (χ1v) is 10.0. The van der Waals surface area contributed by atoms with Gasteiger partial charge in [0.1, 0.15) is 11.5 Å². The van der Waals surface area contributed by atoms with E-state index in [2.05, 4.69) is 16.3 Å². The van der Waals surface area contributed by atoms with Gasteiger partial charge in [-0.3, -0.25) is 9.69 Å². The quantitative estimate of drug-likeness (QED) is 0.811. The van der Waals surface area contributed by atoms with Crippen LogP contribution in [-0.4, -0.2) is 50.0 Å². The molecule has 6 heteroatoms. The fourth-order valence-electron chi connectivity index (χ4n) is 6.49. The molecule has 28 heavy (non-hydrogen) atoms. The van der Waals surface area contributed by atoms with Crippen molar-refractivity contribution in [1.29, 1.82) is 0 Å². The van der Waals surface area contributed by atoms with Gasteiger partial charge in [0.25, 0.3) is 0 Å². The third-order valence-electron chi connectivity index (χ3n) is 7.56. The van der Waals surface area contributed by atoms with Gasteiger partial charge >= 0.3 is 5.97 Å². The summed E-state index contributed by atoms with van der Waals surface area (Å²) in [6.07, 6.45) is 3.16. The van der Waals surface area contributed by atoms with E-state index in [1.165, 1.54) is 12.7 Å².